The quantitative estimate of drug-likeness (QED) is 0.606. The minimum atomic E-state index is -3.55. The van der Waals surface area contributed by atoms with Gasteiger partial charge in [-0.25, -0.2) is 9.78 Å². The van der Waals surface area contributed by atoms with Crippen LogP contribution in [0.1, 0.15) is 48.8 Å². The van der Waals surface area contributed by atoms with Crippen molar-refractivity contribution < 1.29 is 22.1 Å². The Morgan fingerprint density at radius 2 is 2.00 bits per heavy atom. The Morgan fingerprint density at radius 1 is 1.22 bits per heavy atom. The smallest absolute Gasteiger partial charge is 0.347 e. The maximum atomic E-state index is 11.8. The number of aliphatic imine (C=N–C) groups is 1. The molecule has 1 aromatic carbocycles. The largest absolute Gasteiger partial charge is 0.493 e. The number of rotatable bonds is 6. The predicted molar refractivity (Wildman–Crippen MR) is 119 cm³/mol. The first-order valence-corrected chi connectivity index (χ1v) is 12.4. The molecule has 1 aromatic heterocycles. The highest BCUT2D eigenvalue weighted by molar-refractivity contribution is 7.86. The SMILES string of the molecule is CCOc1cc2c(cc1OC)C(c1cnc(=O)n(C)c1)=N[C@@H]1CC[C@@H](OS(C)(=O)=O)C[C@H]21. The Hall–Kier alpha value is -2.72. The molecule has 0 N–H and O–H groups in total. The fourth-order valence-electron chi connectivity index (χ4n) is 4.56. The fourth-order valence-corrected chi connectivity index (χ4v) is 5.22. The van der Waals surface area contributed by atoms with Crippen LogP contribution in [0.4, 0.5) is 0 Å². The summed E-state index contributed by atoms with van der Waals surface area (Å²) in [6, 6.07) is 3.81. The van der Waals surface area contributed by atoms with Crippen LogP contribution >= 0.6 is 0 Å². The number of aryl methyl sites for hydroxylation is 1. The lowest BCUT2D eigenvalue weighted by Gasteiger charge is -2.38. The highest BCUT2D eigenvalue weighted by Gasteiger charge is 2.39. The van der Waals surface area contributed by atoms with E-state index in [1.165, 1.54) is 10.8 Å². The molecule has 3 atom stereocenters. The summed E-state index contributed by atoms with van der Waals surface area (Å²) in [5.74, 6) is 1.17. The van der Waals surface area contributed by atoms with E-state index in [4.69, 9.17) is 18.6 Å². The maximum absolute atomic E-state index is 11.8. The van der Waals surface area contributed by atoms with E-state index in [-0.39, 0.29) is 17.6 Å². The lowest BCUT2D eigenvalue weighted by Crippen LogP contribution is -2.36. The summed E-state index contributed by atoms with van der Waals surface area (Å²) in [7, 11) is -0.318. The van der Waals surface area contributed by atoms with Crippen molar-refractivity contribution in [1.82, 2.24) is 9.55 Å². The van der Waals surface area contributed by atoms with E-state index in [2.05, 4.69) is 4.98 Å². The summed E-state index contributed by atoms with van der Waals surface area (Å²) in [5, 5.41) is 0. The number of nitrogens with zero attached hydrogens (tertiary/aromatic N) is 3. The van der Waals surface area contributed by atoms with Crippen molar-refractivity contribution in [3.63, 3.8) is 0 Å². The van der Waals surface area contributed by atoms with Crippen molar-refractivity contribution >= 4 is 15.8 Å². The Labute approximate surface area is 187 Å². The molecular weight excluding hydrogens is 434 g/mol. The first-order chi connectivity index (χ1) is 15.2. The molecule has 9 nitrogen and oxygen atoms in total. The second-order valence-electron chi connectivity index (χ2n) is 8.15. The minimum Gasteiger partial charge on any atom is -0.493 e. The zero-order chi connectivity index (χ0) is 23.0. The molecule has 1 saturated carbocycles. The van der Waals surface area contributed by atoms with Crippen LogP contribution in [-0.4, -0.2) is 55.8 Å². The average molecular weight is 462 g/mol. The van der Waals surface area contributed by atoms with Gasteiger partial charge in [0.05, 0.1) is 37.8 Å². The van der Waals surface area contributed by atoms with Crippen LogP contribution in [0.15, 0.2) is 34.3 Å². The zero-order valence-electron chi connectivity index (χ0n) is 18.6. The maximum Gasteiger partial charge on any atom is 0.347 e. The van der Waals surface area contributed by atoms with Crippen molar-refractivity contribution in [2.45, 2.75) is 44.2 Å². The molecule has 1 aliphatic heterocycles. The van der Waals surface area contributed by atoms with Crippen LogP contribution in [0.3, 0.4) is 0 Å². The van der Waals surface area contributed by atoms with Gasteiger partial charge in [0.1, 0.15) is 0 Å². The lowest BCUT2D eigenvalue weighted by molar-refractivity contribution is 0.141. The summed E-state index contributed by atoms with van der Waals surface area (Å²) in [4.78, 5) is 20.8. The normalized spacial score (nSPS) is 22.5. The third-order valence-corrected chi connectivity index (χ3v) is 6.51. The van der Waals surface area contributed by atoms with Gasteiger partial charge in [-0.1, -0.05) is 0 Å². The molecule has 2 heterocycles. The first-order valence-electron chi connectivity index (χ1n) is 10.5. The van der Waals surface area contributed by atoms with Gasteiger partial charge in [0, 0.05) is 36.5 Å². The van der Waals surface area contributed by atoms with Crippen LogP contribution in [-0.2, 0) is 21.3 Å². The van der Waals surface area contributed by atoms with Gasteiger partial charge < -0.3 is 14.0 Å². The van der Waals surface area contributed by atoms with Gasteiger partial charge in [0.25, 0.3) is 10.1 Å². The van der Waals surface area contributed by atoms with Gasteiger partial charge in [0.2, 0.25) is 0 Å². The number of ether oxygens (including phenoxy) is 2. The zero-order valence-corrected chi connectivity index (χ0v) is 19.4. The summed E-state index contributed by atoms with van der Waals surface area (Å²) in [6.07, 6.45) is 5.75. The van der Waals surface area contributed by atoms with Crippen molar-refractivity contribution in [2.75, 3.05) is 20.0 Å². The summed E-state index contributed by atoms with van der Waals surface area (Å²) < 4.78 is 41.5. The number of fused-ring (bicyclic) bond motifs is 3. The molecule has 0 unspecified atom stereocenters. The third-order valence-electron chi connectivity index (χ3n) is 5.88. The molecule has 2 aliphatic rings. The van der Waals surface area contributed by atoms with Gasteiger partial charge >= 0.3 is 5.69 Å². The number of methoxy groups -OCH3 is 1. The molecular formula is C22H27N3O6S. The molecule has 0 spiro atoms. The summed E-state index contributed by atoms with van der Waals surface area (Å²) in [6.45, 7) is 2.38. The molecule has 0 radical (unpaired) electrons. The molecule has 0 saturated heterocycles. The Morgan fingerprint density at radius 3 is 2.66 bits per heavy atom. The van der Waals surface area contributed by atoms with Crippen LogP contribution in [0.25, 0.3) is 0 Å². The molecule has 1 fully saturated rings. The van der Waals surface area contributed by atoms with E-state index in [1.807, 2.05) is 19.1 Å². The molecule has 32 heavy (non-hydrogen) atoms. The van der Waals surface area contributed by atoms with Gasteiger partial charge in [-0.3, -0.25) is 9.18 Å². The Bertz CT molecular complexity index is 1220. The van der Waals surface area contributed by atoms with Crippen LogP contribution < -0.4 is 15.2 Å². The topological polar surface area (TPSA) is 109 Å². The van der Waals surface area contributed by atoms with Gasteiger partial charge in [0.15, 0.2) is 11.5 Å². The molecule has 1 aliphatic carbocycles. The molecule has 172 valence electrons. The lowest BCUT2D eigenvalue weighted by atomic mass is 9.74. The van der Waals surface area contributed by atoms with Crippen molar-refractivity contribution in [1.29, 1.82) is 0 Å². The van der Waals surface area contributed by atoms with Crippen molar-refractivity contribution in [3.8, 4) is 11.5 Å². The molecule has 0 bridgehead atoms. The number of aromatic nitrogens is 2. The summed E-state index contributed by atoms with van der Waals surface area (Å²) >= 11 is 0. The Kier molecular flexibility index (Phi) is 6.09. The average Bonchev–Trinajstić information content (AvgIpc) is 2.74. The highest BCUT2D eigenvalue weighted by Crippen LogP contribution is 2.45. The molecule has 2 aromatic rings. The molecule has 0 amide bonds. The third kappa shape index (κ3) is 4.42. The van der Waals surface area contributed by atoms with E-state index in [9.17, 15) is 13.2 Å². The van der Waals surface area contributed by atoms with Crippen molar-refractivity contribution in [3.05, 3.63) is 51.7 Å². The molecule has 4 rings (SSSR count). The number of hydrogen-bond donors (Lipinski definition) is 0. The van der Waals surface area contributed by atoms with E-state index >= 15 is 0 Å². The first kappa shape index (κ1) is 22.5. The van der Waals surface area contributed by atoms with Gasteiger partial charge in [-0.05, 0) is 43.9 Å². The van der Waals surface area contributed by atoms with Crippen LogP contribution in [0.2, 0.25) is 0 Å². The number of benzene rings is 1. The van der Waals surface area contributed by atoms with E-state index < -0.39 is 16.2 Å². The second-order valence-corrected chi connectivity index (χ2v) is 9.75. The van der Waals surface area contributed by atoms with E-state index in [0.29, 0.717) is 37.4 Å². The second kappa shape index (κ2) is 8.67. The van der Waals surface area contributed by atoms with E-state index in [1.54, 1.807) is 20.4 Å². The summed E-state index contributed by atoms with van der Waals surface area (Å²) in [5.41, 5.74) is 2.97. The van der Waals surface area contributed by atoms with Crippen LogP contribution in [0, 0.1) is 0 Å². The monoisotopic (exact) mass is 461 g/mol. The van der Waals surface area contributed by atoms with Gasteiger partial charge in [-0.2, -0.15) is 8.42 Å². The molecule has 10 heteroatoms. The minimum absolute atomic E-state index is 0.0279. The highest BCUT2D eigenvalue weighted by atomic mass is 32.2. The van der Waals surface area contributed by atoms with Crippen molar-refractivity contribution in [2.24, 2.45) is 12.0 Å². The number of hydrogen-bond acceptors (Lipinski definition) is 8. The Balaban J connectivity index is 1.84. The fraction of sp³-hybridized carbons (Fsp3) is 0.500. The van der Waals surface area contributed by atoms with Crippen LogP contribution in [0.5, 0.6) is 11.5 Å². The van der Waals surface area contributed by atoms with E-state index in [0.717, 1.165) is 28.7 Å². The van der Waals surface area contributed by atoms with Gasteiger partial charge in [-0.15, -0.1) is 0 Å². The predicted octanol–water partition coefficient (Wildman–Crippen LogP) is 2.02. The standard InChI is InChI=1S/C22H27N3O6S/c1-5-30-20-9-15-16-8-14(31-32(4,27)28)6-7-18(16)24-21(17(15)10-19(20)29-3)13-11-23-22(26)25(2)12-13/h9-12,14,16,18H,5-8H2,1-4H3/t14-,16-,18-/m1/s1.